The lowest BCUT2D eigenvalue weighted by atomic mass is 9.95. The molecule has 0 radical (unpaired) electrons. The molecular formula is C29H36N2O6. The summed E-state index contributed by atoms with van der Waals surface area (Å²) in [6.07, 6.45) is 2.72. The van der Waals surface area contributed by atoms with E-state index in [0.29, 0.717) is 44.1 Å². The third kappa shape index (κ3) is 6.32. The number of ether oxygens (including phenoxy) is 3. The highest BCUT2D eigenvalue weighted by Gasteiger charge is 2.45. The molecule has 198 valence electrons. The molecule has 2 aliphatic heterocycles. The van der Waals surface area contributed by atoms with Crippen molar-refractivity contribution in [3.05, 3.63) is 65.2 Å². The average Bonchev–Trinajstić information content (AvgIpc) is 3.19. The Labute approximate surface area is 218 Å². The van der Waals surface area contributed by atoms with Gasteiger partial charge in [0.25, 0.3) is 11.7 Å². The van der Waals surface area contributed by atoms with Crippen LogP contribution in [0, 0.1) is 0 Å². The minimum absolute atomic E-state index is 0.0983. The highest BCUT2D eigenvalue weighted by Crippen LogP contribution is 2.40. The average molecular weight is 509 g/mol. The normalized spacial score (nSPS) is 19.8. The number of nitrogens with zero attached hydrogens (tertiary/aromatic N) is 2. The van der Waals surface area contributed by atoms with Gasteiger partial charge >= 0.3 is 0 Å². The summed E-state index contributed by atoms with van der Waals surface area (Å²) >= 11 is 0. The van der Waals surface area contributed by atoms with Crippen LogP contribution in [0.2, 0.25) is 0 Å². The van der Waals surface area contributed by atoms with Crippen molar-refractivity contribution in [3.8, 4) is 11.5 Å². The van der Waals surface area contributed by atoms with E-state index in [4.69, 9.17) is 14.2 Å². The first-order chi connectivity index (χ1) is 18.0. The Morgan fingerprint density at radius 3 is 2.30 bits per heavy atom. The van der Waals surface area contributed by atoms with Crippen LogP contribution in [0.15, 0.2) is 54.1 Å². The first kappa shape index (κ1) is 26.7. The van der Waals surface area contributed by atoms with Gasteiger partial charge in [0.05, 0.1) is 38.5 Å². The van der Waals surface area contributed by atoms with Gasteiger partial charge in [-0.25, -0.2) is 0 Å². The van der Waals surface area contributed by atoms with Crippen LogP contribution in [0.5, 0.6) is 11.5 Å². The summed E-state index contributed by atoms with van der Waals surface area (Å²) in [6.45, 7) is 7.09. The van der Waals surface area contributed by atoms with E-state index >= 15 is 0 Å². The molecule has 1 atom stereocenters. The third-order valence-corrected chi connectivity index (χ3v) is 6.84. The number of hydrogen-bond donors (Lipinski definition) is 1. The lowest BCUT2D eigenvalue weighted by molar-refractivity contribution is -0.140. The Hall–Kier alpha value is -3.36. The molecule has 0 bridgehead atoms. The number of carbonyl (C=O) groups is 2. The zero-order valence-electron chi connectivity index (χ0n) is 21.7. The van der Waals surface area contributed by atoms with Gasteiger partial charge in [-0.15, -0.1) is 0 Å². The molecule has 0 saturated carbocycles. The van der Waals surface area contributed by atoms with Gasteiger partial charge in [-0.3, -0.25) is 14.5 Å². The number of benzene rings is 2. The quantitative estimate of drug-likeness (QED) is 0.212. The van der Waals surface area contributed by atoms with Crippen molar-refractivity contribution < 1.29 is 28.9 Å². The molecule has 4 rings (SSSR count). The molecule has 2 aromatic carbocycles. The molecule has 0 aliphatic carbocycles. The standard InChI is InChI=1S/C29H36N2O6/c1-3-4-18-37-24-12-6-21(7-13-24)26-25(27(32)22-8-10-23(35-2)11-9-22)28(33)29(34)31(26)15-5-14-30-16-19-36-20-17-30/h6-13,26,32H,3-5,14-20H2,1-2H3. The van der Waals surface area contributed by atoms with Gasteiger partial charge in [0, 0.05) is 31.7 Å². The topological polar surface area (TPSA) is 88.5 Å². The van der Waals surface area contributed by atoms with Crippen LogP contribution >= 0.6 is 0 Å². The SMILES string of the molecule is CCCCOc1ccc(C2C(=C(O)c3ccc(OC)cc3)C(=O)C(=O)N2CCCN2CCOCC2)cc1. The van der Waals surface area contributed by atoms with Crippen molar-refractivity contribution >= 4 is 17.4 Å². The summed E-state index contributed by atoms with van der Waals surface area (Å²) in [5, 5.41) is 11.2. The van der Waals surface area contributed by atoms with Crippen LogP contribution in [0.25, 0.3) is 5.76 Å². The molecule has 8 nitrogen and oxygen atoms in total. The Kier molecular flexibility index (Phi) is 9.19. The van der Waals surface area contributed by atoms with Gasteiger partial charge in [-0.05, 0) is 54.8 Å². The summed E-state index contributed by atoms with van der Waals surface area (Å²) in [6, 6.07) is 13.6. The molecule has 8 heteroatoms. The largest absolute Gasteiger partial charge is 0.507 e. The molecule has 0 aromatic heterocycles. The smallest absolute Gasteiger partial charge is 0.295 e. The molecule has 1 amide bonds. The summed E-state index contributed by atoms with van der Waals surface area (Å²) < 4.78 is 16.4. The number of morpholine rings is 1. The van der Waals surface area contributed by atoms with Crippen molar-refractivity contribution in [2.45, 2.75) is 32.2 Å². The molecule has 2 fully saturated rings. The highest BCUT2D eigenvalue weighted by molar-refractivity contribution is 6.46. The maximum atomic E-state index is 13.3. The van der Waals surface area contributed by atoms with Gasteiger partial charge in [0.15, 0.2) is 0 Å². The Balaban J connectivity index is 1.63. The minimum atomic E-state index is -0.684. The van der Waals surface area contributed by atoms with Gasteiger partial charge in [-0.2, -0.15) is 0 Å². The highest BCUT2D eigenvalue weighted by atomic mass is 16.5. The van der Waals surface area contributed by atoms with Crippen molar-refractivity contribution in [1.29, 1.82) is 0 Å². The second-order valence-corrected chi connectivity index (χ2v) is 9.30. The van der Waals surface area contributed by atoms with E-state index in [1.807, 2.05) is 24.3 Å². The molecule has 37 heavy (non-hydrogen) atoms. The van der Waals surface area contributed by atoms with E-state index in [-0.39, 0.29) is 11.3 Å². The Morgan fingerprint density at radius 1 is 0.973 bits per heavy atom. The van der Waals surface area contributed by atoms with Crippen LogP contribution in [0.4, 0.5) is 0 Å². The number of ketones is 1. The van der Waals surface area contributed by atoms with Crippen molar-refractivity contribution in [2.75, 3.05) is 53.1 Å². The van der Waals surface area contributed by atoms with Crippen molar-refractivity contribution in [3.63, 3.8) is 0 Å². The van der Waals surface area contributed by atoms with E-state index < -0.39 is 17.7 Å². The fourth-order valence-electron chi connectivity index (χ4n) is 4.73. The molecule has 0 spiro atoms. The van der Waals surface area contributed by atoms with Crippen LogP contribution in [-0.2, 0) is 14.3 Å². The minimum Gasteiger partial charge on any atom is -0.507 e. The summed E-state index contributed by atoms with van der Waals surface area (Å²) in [5.74, 6) is -0.0878. The molecule has 1 N–H and O–H groups in total. The molecule has 2 saturated heterocycles. The number of amides is 1. The molecule has 2 heterocycles. The molecule has 1 unspecified atom stereocenters. The number of methoxy groups -OCH3 is 1. The Morgan fingerprint density at radius 2 is 1.65 bits per heavy atom. The number of carbonyl (C=O) groups excluding carboxylic acids is 2. The van der Waals surface area contributed by atoms with Crippen molar-refractivity contribution in [1.82, 2.24) is 9.80 Å². The first-order valence-electron chi connectivity index (χ1n) is 13.0. The summed E-state index contributed by atoms with van der Waals surface area (Å²) in [5.41, 5.74) is 1.31. The number of likely N-dealkylation sites (tertiary alicyclic amines) is 1. The van der Waals surface area contributed by atoms with Crippen molar-refractivity contribution in [2.24, 2.45) is 0 Å². The second kappa shape index (κ2) is 12.7. The zero-order valence-corrected chi connectivity index (χ0v) is 21.7. The van der Waals surface area contributed by atoms with Gasteiger partial charge < -0.3 is 24.2 Å². The second-order valence-electron chi connectivity index (χ2n) is 9.30. The zero-order chi connectivity index (χ0) is 26.2. The summed E-state index contributed by atoms with van der Waals surface area (Å²) in [4.78, 5) is 30.4. The summed E-state index contributed by atoms with van der Waals surface area (Å²) in [7, 11) is 1.56. The number of hydrogen-bond acceptors (Lipinski definition) is 7. The lowest BCUT2D eigenvalue weighted by Gasteiger charge is -2.29. The predicted molar refractivity (Wildman–Crippen MR) is 141 cm³/mol. The fraction of sp³-hybridized carbons (Fsp3) is 0.448. The van der Waals surface area contributed by atoms with Crippen LogP contribution < -0.4 is 9.47 Å². The van der Waals surface area contributed by atoms with E-state index in [1.54, 1.807) is 36.3 Å². The van der Waals surface area contributed by atoms with E-state index in [1.165, 1.54) is 0 Å². The van der Waals surface area contributed by atoms with E-state index in [0.717, 1.165) is 43.8 Å². The predicted octanol–water partition coefficient (Wildman–Crippen LogP) is 4.02. The maximum Gasteiger partial charge on any atom is 0.295 e. The maximum absolute atomic E-state index is 13.3. The fourth-order valence-corrected chi connectivity index (χ4v) is 4.73. The lowest BCUT2D eigenvalue weighted by Crippen LogP contribution is -2.38. The van der Waals surface area contributed by atoms with Gasteiger partial charge in [0.1, 0.15) is 17.3 Å². The molecule has 2 aromatic rings. The number of aliphatic hydroxyl groups is 1. The van der Waals surface area contributed by atoms with Gasteiger partial charge in [0.2, 0.25) is 0 Å². The Bertz CT molecular complexity index is 1090. The van der Waals surface area contributed by atoms with Gasteiger partial charge in [-0.1, -0.05) is 25.5 Å². The number of unbranched alkanes of at least 4 members (excludes halogenated alkanes) is 1. The monoisotopic (exact) mass is 508 g/mol. The molecule has 2 aliphatic rings. The number of rotatable bonds is 11. The van der Waals surface area contributed by atoms with Crippen LogP contribution in [-0.4, -0.2) is 79.7 Å². The van der Waals surface area contributed by atoms with E-state index in [2.05, 4.69) is 11.8 Å². The van der Waals surface area contributed by atoms with Crippen LogP contribution in [0.1, 0.15) is 43.4 Å². The van der Waals surface area contributed by atoms with Crippen LogP contribution in [0.3, 0.4) is 0 Å². The molecular weight excluding hydrogens is 472 g/mol. The number of aliphatic hydroxyl groups excluding tert-OH is 1. The van der Waals surface area contributed by atoms with E-state index in [9.17, 15) is 14.7 Å². The third-order valence-electron chi connectivity index (χ3n) is 6.84. The number of Topliss-reactive ketones (excluding diaryl/α,β-unsaturated/α-hetero) is 1. The first-order valence-corrected chi connectivity index (χ1v) is 13.0.